The highest BCUT2D eigenvalue weighted by Crippen LogP contribution is 2.25. The molecular formula is C11H14O3S. The number of rotatable bonds is 5. The van der Waals surface area contributed by atoms with E-state index in [2.05, 4.69) is 12.6 Å². The molecule has 0 bridgehead atoms. The van der Waals surface area contributed by atoms with E-state index in [1.165, 1.54) is 7.11 Å². The maximum atomic E-state index is 11.7. The van der Waals surface area contributed by atoms with Crippen molar-refractivity contribution < 1.29 is 14.3 Å². The maximum absolute atomic E-state index is 11.7. The number of methoxy groups -OCH3 is 2. The van der Waals surface area contributed by atoms with Gasteiger partial charge in [-0.25, -0.2) is 0 Å². The minimum atomic E-state index is 0.0319. The molecule has 3 nitrogen and oxygen atoms in total. The first-order valence-electron chi connectivity index (χ1n) is 4.59. The highest BCUT2D eigenvalue weighted by molar-refractivity contribution is 7.80. The first-order valence-corrected chi connectivity index (χ1v) is 5.22. The Bertz CT molecular complexity index is 350. The lowest BCUT2D eigenvalue weighted by Crippen LogP contribution is -2.03. The van der Waals surface area contributed by atoms with Crippen molar-refractivity contribution in [2.75, 3.05) is 20.0 Å². The van der Waals surface area contributed by atoms with E-state index in [0.717, 1.165) is 0 Å². The van der Waals surface area contributed by atoms with Gasteiger partial charge >= 0.3 is 0 Å². The van der Waals surface area contributed by atoms with Crippen molar-refractivity contribution in [2.45, 2.75) is 6.42 Å². The van der Waals surface area contributed by atoms with Crippen LogP contribution in [0.15, 0.2) is 18.2 Å². The predicted molar refractivity (Wildman–Crippen MR) is 62.3 cm³/mol. The molecule has 4 heteroatoms. The second-order valence-corrected chi connectivity index (χ2v) is 3.41. The van der Waals surface area contributed by atoms with Gasteiger partial charge in [0.15, 0.2) is 5.78 Å². The highest BCUT2D eigenvalue weighted by atomic mass is 32.1. The molecule has 0 aliphatic rings. The first kappa shape index (κ1) is 11.9. The second-order valence-electron chi connectivity index (χ2n) is 2.96. The van der Waals surface area contributed by atoms with Crippen molar-refractivity contribution in [3.8, 4) is 11.5 Å². The number of thiol groups is 1. The standard InChI is InChI=1S/C11H14O3S/c1-13-8-3-4-9(10(12)5-6-15)11(7-8)14-2/h3-4,7,15H,5-6H2,1-2H3. The molecule has 0 unspecified atom stereocenters. The summed E-state index contributed by atoms with van der Waals surface area (Å²) in [4.78, 5) is 11.7. The largest absolute Gasteiger partial charge is 0.497 e. The molecule has 0 saturated heterocycles. The van der Waals surface area contributed by atoms with Crippen LogP contribution >= 0.6 is 12.6 Å². The number of hydrogen-bond donors (Lipinski definition) is 1. The van der Waals surface area contributed by atoms with Gasteiger partial charge in [0.1, 0.15) is 11.5 Å². The molecule has 0 N–H and O–H groups in total. The lowest BCUT2D eigenvalue weighted by atomic mass is 10.1. The second kappa shape index (κ2) is 5.66. The molecule has 1 aromatic carbocycles. The molecule has 0 aromatic heterocycles. The van der Waals surface area contributed by atoms with Crippen LogP contribution in [0.2, 0.25) is 0 Å². The van der Waals surface area contributed by atoms with Crippen LogP contribution in [0.5, 0.6) is 11.5 Å². The van der Waals surface area contributed by atoms with E-state index < -0.39 is 0 Å². The number of carbonyl (C=O) groups is 1. The Labute approximate surface area is 94.8 Å². The fourth-order valence-corrected chi connectivity index (χ4v) is 1.47. The molecule has 0 fully saturated rings. The average Bonchev–Trinajstić information content (AvgIpc) is 2.28. The summed E-state index contributed by atoms with van der Waals surface area (Å²) in [6.07, 6.45) is 0.409. The minimum Gasteiger partial charge on any atom is -0.497 e. The summed E-state index contributed by atoms with van der Waals surface area (Å²) in [5, 5.41) is 0. The van der Waals surface area contributed by atoms with Gasteiger partial charge in [-0.3, -0.25) is 4.79 Å². The zero-order valence-corrected chi connectivity index (χ0v) is 9.71. The van der Waals surface area contributed by atoms with Gasteiger partial charge in [0, 0.05) is 12.5 Å². The number of ketones is 1. The van der Waals surface area contributed by atoms with E-state index in [1.54, 1.807) is 25.3 Å². The van der Waals surface area contributed by atoms with Crippen molar-refractivity contribution in [3.63, 3.8) is 0 Å². The molecule has 0 spiro atoms. The Morgan fingerprint density at radius 3 is 2.60 bits per heavy atom. The smallest absolute Gasteiger partial charge is 0.167 e. The summed E-state index contributed by atoms with van der Waals surface area (Å²) in [6.45, 7) is 0. The van der Waals surface area contributed by atoms with E-state index in [4.69, 9.17) is 9.47 Å². The Balaban J connectivity index is 3.02. The van der Waals surface area contributed by atoms with Crippen LogP contribution in [0.25, 0.3) is 0 Å². The SMILES string of the molecule is COc1ccc(C(=O)CCS)c(OC)c1. The molecule has 82 valence electrons. The lowest BCUT2D eigenvalue weighted by molar-refractivity contribution is 0.0986. The van der Waals surface area contributed by atoms with Crippen molar-refractivity contribution in [1.82, 2.24) is 0 Å². The fraction of sp³-hybridized carbons (Fsp3) is 0.364. The third-order valence-corrected chi connectivity index (χ3v) is 2.27. The molecule has 1 rings (SSSR count). The van der Waals surface area contributed by atoms with Crippen LogP contribution in [0, 0.1) is 0 Å². The van der Waals surface area contributed by atoms with E-state index >= 15 is 0 Å². The van der Waals surface area contributed by atoms with Crippen molar-refractivity contribution in [1.29, 1.82) is 0 Å². The normalized spacial score (nSPS) is 9.80. The van der Waals surface area contributed by atoms with E-state index in [0.29, 0.717) is 29.2 Å². The summed E-state index contributed by atoms with van der Waals surface area (Å²) in [5.41, 5.74) is 0.576. The number of carbonyl (C=O) groups excluding carboxylic acids is 1. The van der Waals surface area contributed by atoms with Gasteiger partial charge in [-0.2, -0.15) is 12.6 Å². The number of hydrogen-bond acceptors (Lipinski definition) is 4. The maximum Gasteiger partial charge on any atom is 0.167 e. The molecule has 1 aromatic rings. The average molecular weight is 226 g/mol. The third kappa shape index (κ3) is 2.89. The van der Waals surface area contributed by atoms with Gasteiger partial charge in [-0.15, -0.1) is 0 Å². The topological polar surface area (TPSA) is 35.5 Å². The van der Waals surface area contributed by atoms with Crippen molar-refractivity contribution >= 4 is 18.4 Å². The van der Waals surface area contributed by atoms with Crippen LogP contribution in [-0.2, 0) is 0 Å². The van der Waals surface area contributed by atoms with Gasteiger partial charge in [0.05, 0.1) is 19.8 Å². The summed E-state index contributed by atoms with van der Waals surface area (Å²) < 4.78 is 10.2. The molecule has 0 aliphatic heterocycles. The van der Waals surface area contributed by atoms with Crippen LogP contribution < -0.4 is 9.47 Å². The molecule has 0 saturated carbocycles. The zero-order chi connectivity index (χ0) is 11.3. The van der Waals surface area contributed by atoms with E-state index in [1.807, 2.05) is 0 Å². The van der Waals surface area contributed by atoms with Crippen LogP contribution in [0.4, 0.5) is 0 Å². The van der Waals surface area contributed by atoms with Crippen LogP contribution in [-0.4, -0.2) is 25.8 Å². The summed E-state index contributed by atoms with van der Waals surface area (Å²) in [6, 6.07) is 5.16. The van der Waals surface area contributed by atoms with Crippen LogP contribution in [0.1, 0.15) is 16.8 Å². The monoisotopic (exact) mass is 226 g/mol. The molecule has 15 heavy (non-hydrogen) atoms. The zero-order valence-electron chi connectivity index (χ0n) is 8.82. The van der Waals surface area contributed by atoms with Gasteiger partial charge in [-0.1, -0.05) is 0 Å². The Morgan fingerprint density at radius 1 is 1.33 bits per heavy atom. The molecule has 0 aliphatic carbocycles. The Morgan fingerprint density at radius 2 is 2.07 bits per heavy atom. The molecule has 0 heterocycles. The molecule has 0 atom stereocenters. The lowest BCUT2D eigenvalue weighted by Gasteiger charge is -2.08. The summed E-state index contributed by atoms with van der Waals surface area (Å²) >= 11 is 4.03. The predicted octanol–water partition coefficient (Wildman–Crippen LogP) is 2.21. The quantitative estimate of drug-likeness (QED) is 0.617. The van der Waals surface area contributed by atoms with Crippen LogP contribution in [0.3, 0.4) is 0 Å². The third-order valence-electron chi connectivity index (χ3n) is 2.05. The molecule has 0 radical (unpaired) electrons. The van der Waals surface area contributed by atoms with E-state index in [9.17, 15) is 4.79 Å². The fourth-order valence-electron chi connectivity index (χ4n) is 1.27. The van der Waals surface area contributed by atoms with E-state index in [-0.39, 0.29) is 5.78 Å². The number of ether oxygens (including phenoxy) is 2. The van der Waals surface area contributed by atoms with Gasteiger partial charge < -0.3 is 9.47 Å². The highest BCUT2D eigenvalue weighted by Gasteiger charge is 2.12. The van der Waals surface area contributed by atoms with Crippen molar-refractivity contribution in [2.24, 2.45) is 0 Å². The number of Topliss-reactive ketones (excluding diaryl/α,β-unsaturated/α-hetero) is 1. The Kier molecular flexibility index (Phi) is 4.49. The summed E-state index contributed by atoms with van der Waals surface area (Å²) in [5.74, 6) is 1.79. The Hall–Kier alpha value is -1.16. The van der Waals surface area contributed by atoms with Gasteiger partial charge in [0.2, 0.25) is 0 Å². The summed E-state index contributed by atoms with van der Waals surface area (Å²) in [7, 11) is 3.11. The first-order chi connectivity index (χ1) is 7.22. The number of benzene rings is 1. The minimum absolute atomic E-state index is 0.0319. The van der Waals surface area contributed by atoms with Gasteiger partial charge in [0.25, 0.3) is 0 Å². The van der Waals surface area contributed by atoms with Crippen molar-refractivity contribution in [3.05, 3.63) is 23.8 Å². The molecule has 0 amide bonds. The molecular weight excluding hydrogens is 212 g/mol. The van der Waals surface area contributed by atoms with Gasteiger partial charge in [-0.05, 0) is 17.9 Å².